The van der Waals surface area contributed by atoms with Gasteiger partial charge in [0.1, 0.15) is 5.58 Å². The van der Waals surface area contributed by atoms with Gasteiger partial charge in [0.25, 0.3) is 11.8 Å². The zero-order chi connectivity index (χ0) is 19.1. The van der Waals surface area contributed by atoms with Crippen molar-refractivity contribution in [2.75, 3.05) is 19.6 Å². The highest BCUT2D eigenvalue weighted by molar-refractivity contribution is 5.97. The first kappa shape index (κ1) is 17.0. The quantitative estimate of drug-likeness (QED) is 0.682. The lowest BCUT2D eigenvalue weighted by Crippen LogP contribution is -2.41. The van der Waals surface area contributed by atoms with Crippen molar-refractivity contribution in [3.8, 4) is 0 Å². The van der Waals surface area contributed by atoms with Crippen molar-refractivity contribution in [3.63, 3.8) is 0 Å². The number of carbonyl (C=O) groups excluding carboxylic acids is 2. The lowest BCUT2D eigenvalue weighted by molar-refractivity contribution is 0.0685. The van der Waals surface area contributed by atoms with Gasteiger partial charge >= 0.3 is 0 Å². The van der Waals surface area contributed by atoms with E-state index in [1.165, 1.54) is 6.42 Å². The van der Waals surface area contributed by atoms with Gasteiger partial charge in [-0.2, -0.15) is 0 Å². The Labute approximate surface area is 161 Å². The van der Waals surface area contributed by atoms with E-state index in [0.29, 0.717) is 36.8 Å². The summed E-state index contributed by atoms with van der Waals surface area (Å²) >= 11 is 0. The van der Waals surface area contributed by atoms with E-state index in [1.54, 1.807) is 17.2 Å². The maximum absolute atomic E-state index is 12.9. The molecule has 1 aromatic carbocycles. The Bertz CT molecular complexity index is 1050. The second-order valence-corrected chi connectivity index (χ2v) is 7.34. The second-order valence-electron chi connectivity index (χ2n) is 7.34. The minimum absolute atomic E-state index is 0.0522. The van der Waals surface area contributed by atoms with Gasteiger partial charge in [0.05, 0.1) is 12.8 Å². The average Bonchev–Trinajstić information content (AvgIpc) is 3.39. The van der Waals surface area contributed by atoms with Gasteiger partial charge in [0.15, 0.2) is 5.82 Å². The van der Waals surface area contributed by atoms with Crippen molar-refractivity contribution >= 4 is 22.8 Å². The molecule has 1 fully saturated rings. The minimum Gasteiger partial charge on any atom is -0.464 e. The number of nitrogens with zero attached hydrogens (tertiary/aromatic N) is 5. The van der Waals surface area contributed by atoms with Crippen molar-refractivity contribution in [2.24, 2.45) is 0 Å². The molecule has 0 N–H and O–H groups in total. The van der Waals surface area contributed by atoms with E-state index < -0.39 is 0 Å². The predicted molar refractivity (Wildman–Crippen MR) is 101 cm³/mol. The van der Waals surface area contributed by atoms with E-state index in [9.17, 15) is 9.59 Å². The molecule has 8 nitrogen and oxygen atoms in total. The highest BCUT2D eigenvalue weighted by Gasteiger charge is 2.30. The number of likely N-dealkylation sites (tertiary alicyclic amines) is 1. The molecule has 0 atom stereocenters. The lowest BCUT2D eigenvalue weighted by atomic mass is 10.1. The van der Waals surface area contributed by atoms with Gasteiger partial charge in [-0.05, 0) is 43.5 Å². The molecule has 3 aromatic rings. The van der Waals surface area contributed by atoms with E-state index in [4.69, 9.17) is 4.42 Å². The fourth-order valence-corrected chi connectivity index (χ4v) is 4.01. The van der Waals surface area contributed by atoms with Gasteiger partial charge in [-0.1, -0.05) is 0 Å². The normalized spacial score (nSPS) is 17.0. The Balaban J connectivity index is 1.34. The third-order valence-corrected chi connectivity index (χ3v) is 5.57. The number of carbonyl (C=O) groups is 2. The maximum Gasteiger partial charge on any atom is 0.291 e. The summed E-state index contributed by atoms with van der Waals surface area (Å²) in [5.41, 5.74) is 1.38. The van der Waals surface area contributed by atoms with Crippen LogP contribution >= 0.6 is 0 Å². The molecule has 0 unspecified atom stereocenters. The molecule has 0 aliphatic carbocycles. The first-order chi connectivity index (χ1) is 13.7. The summed E-state index contributed by atoms with van der Waals surface area (Å²) in [6.07, 6.45) is 4.86. The minimum atomic E-state index is -0.0544. The number of hydrogen-bond acceptors (Lipinski definition) is 5. The van der Waals surface area contributed by atoms with Crippen LogP contribution in [0.25, 0.3) is 11.0 Å². The molecule has 5 rings (SSSR count). The van der Waals surface area contributed by atoms with E-state index in [1.807, 2.05) is 27.7 Å². The molecule has 28 heavy (non-hydrogen) atoms. The standard InChI is InChI=1S/C20H21N5O3/c26-19(15-4-5-16-14(12-15)6-11-28-16)24-9-10-25-17(13-24)21-22-18(25)20(27)23-7-2-1-3-8-23/h4-6,11-12H,1-3,7-10,13H2. The first-order valence-corrected chi connectivity index (χ1v) is 9.68. The van der Waals surface area contributed by atoms with Crippen molar-refractivity contribution < 1.29 is 14.0 Å². The summed E-state index contributed by atoms with van der Waals surface area (Å²) in [6.45, 7) is 2.96. The van der Waals surface area contributed by atoms with Crippen LogP contribution in [0.1, 0.15) is 46.1 Å². The third-order valence-electron chi connectivity index (χ3n) is 5.57. The summed E-state index contributed by atoms with van der Waals surface area (Å²) in [5, 5.41) is 9.25. The number of benzene rings is 1. The number of fused-ring (bicyclic) bond motifs is 2. The van der Waals surface area contributed by atoms with Crippen molar-refractivity contribution in [1.82, 2.24) is 24.6 Å². The molecule has 4 heterocycles. The number of hydrogen-bond donors (Lipinski definition) is 0. The molecule has 2 amide bonds. The Hall–Kier alpha value is -3.16. The molecule has 144 valence electrons. The van der Waals surface area contributed by atoms with Gasteiger partial charge in [0.2, 0.25) is 5.82 Å². The largest absolute Gasteiger partial charge is 0.464 e. The zero-order valence-corrected chi connectivity index (χ0v) is 15.5. The number of furan rings is 1. The monoisotopic (exact) mass is 379 g/mol. The summed E-state index contributed by atoms with van der Waals surface area (Å²) in [6, 6.07) is 7.27. The van der Waals surface area contributed by atoms with Crippen LogP contribution in [0.3, 0.4) is 0 Å². The Kier molecular flexibility index (Phi) is 4.11. The van der Waals surface area contributed by atoms with Crippen LogP contribution in [0, 0.1) is 0 Å². The molecule has 0 radical (unpaired) electrons. The summed E-state index contributed by atoms with van der Waals surface area (Å²) in [7, 11) is 0. The van der Waals surface area contributed by atoms with E-state index in [-0.39, 0.29) is 11.8 Å². The van der Waals surface area contributed by atoms with Gasteiger partial charge in [-0.15, -0.1) is 10.2 Å². The smallest absolute Gasteiger partial charge is 0.291 e. The fraction of sp³-hybridized carbons (Fsp3) is 0.400. The molecule has 2 aromatic heterocycles. The van der Waals surface area contributed by atoms with Gasteiger partial charge < -0.3 is 18.8 Å². The summed E-state index contributed by atoms with van der Waals surface area (Å²) in [5.74, 6) is 0.943. The Morgan fingerprint density at radius 2 is 1.75 bits per heavy atom. The van der Waals surface area contributed by atoms with Crippen LogP contribution in [0.2, 0.25) is 0 Å². The topological polar surface area (TPSA) is 84.5 Å². The number of rotatable bonds is 2. The number of piperidine rings is 1. The summed E-state index contributed by atoms with van der Waals surface area (Å²) < 4.78 is 7.20. The van der Waals surface area contributed by atoms with Crippen LogP contribution in [0.4, 0.5) is 0 Å². The molecule has 2 aliphatic rings. The second kappa shape index (κ2) is 6.78. The van der Waals surface area contributed by atoms with Crippen molar-refractivity contribution in [1.29, 1.82) is 0 Å². The van der Waals surface area contributed by atoms with Crippen LogP contribution in [-0.4, -0.2) is 56.0 Å². The highest BCUT2D eigenvalue weighted by atomic mass is 16.3. The lowest BCUT2D eigenvalue weighted by Gasteiger charge is -2.29. The fourth-order valence-electron chi connectivity index (χ4n) is 4.01. The van der Waals surface area contributed by atoms with E-state index in [0.717, 1.165) is 36.9 Å². The first-order valence-electron chi connectivity index (χ1n) is 9.68. The average molecular weight is 379 g/mol. The van der Waals surface area contributed by atoms with Crippen LogP contribution < -0.4 is 0 Å². The highest BCUT2D eigenvalue weighted by Crippen LogP contribution is 2.21. The van der Waals surface area contributed by atoms with E-state index in [2.05, 4.69) is 10.2 Å². The third kappa shape index (κ3) is 2.85. The van der Waals surface area contributed by atoms with Crippen molar-refractivity contribution in [3.05, 3.63) is 47.7 Å². The zero-order valence-electron chi connectivity index (χ0n) is 15.5. The molecule has 1 saturated heterocycles. The van der Waals surface area contributed by atoms with Gasteiger partial charge in [-0.3, -0.25) is 9.59 Å². The van der Waals surface area contributed by atoms with Crippen molar-refractivity contribution in [2.45, 2.75) is 32.4 Å². The molecule has 8 heteroatoms. The molecule has 0 spiro atoms. The van der Waals surface area contributed by atoms with E-state index >= 15 is 0 Å². The number of amides is 2. The van der Waals surface area contributed by atoms with Crippen LogP contribution in [-0.2, 0) is 13.1 Å². The Morgan fingerprint density at radius 3 is 2.61 bits per heavy atom. The van der Waals surface area contributed by atoms with Gasteiger partial charge in [0, 0.05) is 37.1 Å². The Morgan fingerprint density at radius 1 is 0.893 bits per heavy atom. The number of aromatic nitrogens is 3. The molecular formula is C20H21N5O3. The molecular weight excluding hydrogens is 358 g/mol. The molecule has 2 aliphatic heterocycles. The van der Waals surface area contributed by atoms with Crippen LogP contribution in [0.5, 0.6) is 0 Å². The van der Waals surface area contributed by atoms with Crippen LogP contribution in [0.15, 0.2) is 34.9 Å². The molecule has 0 saturated carbocycles. The SMILES string of the molecule is O=C(c1ccc2occc2c1)N1CCn2c(nnc2C(=O)N2CCCCC2)C1. The van der Waals surface area contributed by atoms with Gasteiger partial charge in [-0.25, -0.2) is 0 Å². The summed E-state index contributed by atoms with van der Waals surface area (Å²) in [4.78, 5) is 29.3. The molecule has 0 bridgehead atoms. The maximum atomic E-state index is 12.9. The predicted octanol–water partition coefficient (Wildman–Crippen LogP) is 2.31.